The molecule has 1 N–H and O–H groups in total. The van der Waals surface area contributed by atoms with Gasteiger partial charge in [0.2, 0.25) is 0 Å². The number of aromatic nitrogens is 2. The Hall–Kier alpha value is -2.57. The van der Waals surface area contributed by atoms with Gasteiger partial charge in [0, 0.05) is 32.5 Å². The van der Waals surface area contributed by atoms with Gasteiger partial charge in [0.1, 0.15) is 6.10 Å². The Labute approximate surface area is 166 Å². The van der Waals surface area contributed by atoms with Crippen LogP contribution in [0.5, 0.6) is 5.75 Å². The number of ether oxygens (including phenoxy) is 1. The van der Waals surface area contributed by atoms with Crippen molar-refractivity contribution in [3.63, 3.8) is 0 Å². The zero-order chi connectivity index (χ0) is 19.9. The van der Waals surface area contributed by atoms with E-state index in [-0.39, 0.29) is 17.7 Å². The number of nitrogens with zero attached hydrogens (tertiary/aromatic N) is 4. The minimum Gasteiger partial charge on any atom is -0.486 e. The fourth-order valence-electron chi connectivity index (χ4n) is 3.62. The molecule has 0 saturated carbocycles. The first-order valence-electron chi connectivity index (χ1n) is 9.96. The van der Waals surface area contributed by atoms with E-state index in [4.69, 9.17) is 4.74 Å². The third-order valence-corrected chi connectivity index (χ3v) is 5.41. The molecule has 152 valence electrons. The third kappa shape index (κ3) is 4.82. The Morgan fingerprint density at radius 2 is 2.25 bits per heavy atom. The molecular weight excluding hydrogens is 357 g/mol. The van der Waals surface area contributed by atoms with Crippen LogP contribution < -0.4 is 10.1 Å². The van der Waals surface area contributed by atoms with Gasteiger partial charge in [-0.2, -0.15) is 0 Å². The molecule has 0 bridgehead atoms. The van der Waals surface area contributed by atoms with E-state index in [1.165, 1.54) is 6.07 Å². The van der Waals surface area contributed by atoms with Crippen LogP contribution in [0.2, 0.25) is 0 Å². The highest BCUT2D eigenvalue weighted by molar-refractivity contribution is 5.80. The van der Waals surface area contributed by atoms with Crippen molar-refractivity contribution in [3.8, 4) is 5.75 Å². The fraction of sp³-hybridized carbons (Fsp3) is 0.524. The molecule has 6 nitrogen and oxygen atoms in total. The van der Waals surface area contributed by atoms with Crippen LogP contribution in [0.3, 0.4) is 0 Å². The second-order valence-electron chi connectivity index (χ2n) is 7.30. The molecule has 1 fully saturated rings. The summed E-state index contributed by atoms with van der Waals surface area (Å²) >= 11 is 0. The van der Waals surface area contributed by atoms with E-state index in [0.29, 0.717) is 18.5 Å². The van der Waals surface area contributed by atoms with Gasteiger partial charge >= 0.3 is 0 Å². The second kappa shape index (κ2) is 9.57. The van der Waals surface area contributed by atoms with E-state index in [2.05, 4.69) is 31.7 Å². The summed E-state index contributed by atoms with van der Waals surface area (Å²) < 4.78 is 21.9. The quantitative estimate of drug-likeness (QED) is 0.610. The van der Waals surface area contributed by atoms with Gasteiger partial charge in [-0.05, 0) is 30.9 Å². The van der Waals surface area contributed by atoms with E-state index in [9.17, 15) is 4.39 Å². The lowest BCUT2D eigenvalue weighted by Crippen LogP contribution is -2.50. The van der Waals surface area contributed by atoms with Gasteiger partial charge in [0.05, 0.1) is 18.9 Å². The minimum atomic E-state index is -0.335. The summed E-state index contributed by atoms with van der Waals surface area (Å²) in [6, 6.07) is 6.89. The van der Waals surface area contributed by atoms with Crippen molar-refractivity contribution in [2.24, 2.45) is 10.9 Å². The third-order valence-electron chi connectivity index (χ3n) is 5.41. The van der Waals surface area contributed by atoms with Crippen LogP contribution in [0.4, 0.5) is 4.39 Å². The van der Waals surface area contributed by atoms with Gasteiger partial charge in [-0.15, -0.1) is 0 Å². The van der Waals surface area contributed by atoms with E-state index in [1.54, 1.807) is 25.2 Å². The van der Waals surface area contributed by atoms with E-state index in [0.717, 1.165) is 31.9 Å². The van der Waals surface area contributed by atoms with Crippen molar-refractivity contribution >= 4 is 5.96 Å². The van der Waals surface area contributed by atoms with Crippen molar-refractivity contribution in [1.82, 2.24) is 19.8 Å². The summed E-state index contributed by atoms with van der Waals surface area (Å²) in [6.45, 7) is 6.72. The second-order valence-corrected chi connectivity index (χ2v) is 7.30. The highest BCUT2D eigenvalue weighted by atomic mass is 19.1. The number of hydrogen-bond donors (Lipinski definition) is 1. The van der Waals surface area contributed by atoms with Crippen LogP contribution in [0.15, 0.2) is 48.0 Å². The summed E-state index contributed by atoms with van der Waals surface area (Å²) in [6.07, 6.45) is 7.46. The molecule has 0 radical (unpaired) electrons. The lowest BCUT2D eigenvalue weighted by atomic mass is 9.93. The number of hydrogen-bond acceptors (Lipinski definition) is 3. The molecule has 1 saturated heterocycles. The number of rotatable bonds is 6. The molecule has 0 amide bonds. The monoisotopic (exact) mass is 387 g/mol. The first-order valence-corrected chi connectivity index (χ1v) is 9.96. The van der Waals surface area contributed by atoms with Crippen molar-refractivity contribution in [2.75, 3.05) is 26.7 Å². The van der Waals surface area contributed by atoms with Crippen molar-refractivity contribution < 1.29 is 9.13 Å². The Morgan fingerprint density at radius 3 is 2.93 bits per heavy atom. The number of nitrogens with one attached hydrogen (secondary N) is 1. The standard InChI is InChI=1S/C21H30FN5O/c1-4-17(28-20-8-6-5-7-18(20)22)13-25-21(23-3)26-11-9-16(2)19(14-26)27-12-10-24-15-27/h5-8,10,12,15-17,19H,4,9,11,13-14H2,1-3H3,(H,23,25). The maximum absolute atomic E-state index is 13.9. The fourth-order valence-corrected chi connectivity index (χ4v) is 3.62. The number of imidazole rings is 1. The Bertz CT molecular complexity index is 764. The molecule has 1 aromatic carbocycles. The van der Waals surface area contributed by atoms with Crippen LogP contribution in [0, 0.1) is 11.7 Å². The zero-order valence-corrected chi connectivity index (χ0v) is 16.9. The van der Waals surface area contributed by atoms with E-state index < -0.39 is 0 Å². The molecule has 1 aliphatic rings. The van der Waals surface area contributed by atoms with Gasteiger partial charge < -0.3 is 19.5 Å². The maximum atomic E-state index is 13.9. The lowest BCUT2D eigenvalue weighted by Gasteiger charge is -2.39. The molecule has 2 aromatic rings. The predicted molar refractivity (Wildman–Crippen MR) is 109 cm³/mol. The van der Waals surface area contributed by atoms with Crippen LogP contribution in [-0.2, 0) is 0 Å². The van der Waals surface area contributed by atoms with Crippen molar-refractivity contribution in [3.05, 3.63) is 48.8 Å². The molecule has 28 heavy (non-hydrogen) atoms. The summed E-state index contributed by atoms with van der Waals surface area (Å²) in [5.74, 6) is 1.39. The summed E-state index contributed by atoms with van der Waals surface area (Å²) in [5, 5.41) is 3.41. The topological polar surface area (TPSA) is 54.7 Å². The van der Waals surface area contributed by atoms with Crippen LogP contribution in [0.1, 0.15) is 32.7 Å². The molecular formula is C21H30FN5O. The number of guanidine groups is 1. The first kappa shape index (κ1) is 20.2. The van der Waals surface area contributed by atoms with Gasteiger partial charge in [-0.3, -0.25) is 4.99 Å². The smallest absolute Gasteiger partial charge is 0.193 e. The number of likely N-dealkylation sites (tertiary alicyclic amines) is 1. The lowest BCUT2D eigenvalue weighted by molar-refractivity contribution is 0.176. The molecule has 1 aromatic heterocycles. The number of benzene rings is 1. The molecule has 3 rings (SSSR count). The maximum Gasteiger partial charge on any atom is 0.193 e. The van der Waals surface area contributed by atoms with Crippen LogP contribution in [-0.4, -0.2) is 53.2 Å². The van der Waals surface area contributed by atoms with Crippen molar-refractivity contribution in [2.45, 2.75) is 38.8 Å². The highest BCUT2D eigenvalue weighted by Crippen LogP contribution is 2.27. The molecule has 0 spiro atoms. The minimum absolute atomic E-state index is 0.137. The van der Waals surface area contributed by atoms with Gasteiger partial charge in [-0.25, -0.2) is 9.37 Å². The predicted octanol–water partition coefficient (Wildman–Crippen LogP) is 3.34. The number of piperidine rings is 1. The highest BCUT2D eigenvalue weighted by Gasteiger charge is 2.29. The largest absolute Gasteiger partial charge is 0.486 e. The van der Waals surface area contributed by atoms with E-state index in [1.807, 2.05) is 25.6 Å². The van der Waals surface area contributed by atoms with Crippen LogP contribution in [0.25, 0.3) is 0 Å². The Balaban J connectivity index is 1.59. The zero-order valence-electron chi connectivity index (χ0n) is 16.9. The van der Waals surface area contributed by atoms with Crippen molar-refractivity contribution in [1.29, 1.82) is 0 Å². The molecule has 2 heterocycles. The van der Waals surface area contributed by atoms with Crippen LogP contribution >= 0.6 is 0 Å². The van der Waals surface area contributed by atoms with Gasteiger partial charge in [0.25, 0.3) is 0 Å². The van der Waals surface area contributed by atoms with E-state index >= 15 is 0 Å². The molecule has 7 heteroatoms. The number of halogens is 1. The normalized spacial score (nSPS) is 21.4. The van der Waals surface area contributed by atoms with Gasteiger partial charge in [-0.1, -0.05) is 26.0 Å². The number of aliphatic imine (C=N–C) groups is 1. The molecule has 3 atom stereocenters. The number of para-hydroxylation sites is 1. The molecule has 1 aliphatic heterocycles. The summed E-state index contributed by atoms with van der Waals surface area (Å²) in [5.41, 5.74) is 0. The first-order chi connectivity index (χ1) is 13.6. The Kier molecular flexibility index (Phi) is 6.90. The average Bonchev–Trinajstić information content (AvgIpc) is 3.24. The summed E-state index contributed by atoms with van der Waals surface area (Å²) in [4.78, 5) is 10.9. The SMILES string of the molecule is CCC(CNC(=NC)N1CCC(C)C(n2ccnc2)C1)Oc1ccccc1F. The molecule has 0 aliphatic carbocycles. The van der Waals surface area contributed by atoms with Gasteiger partial charge in [0.15, 0.2) is 17.5 Å². The average molecular weight is 388 g/mol. The molecule has 3 unspecified atom stereocenters. The summed E-state index contributed by atoms with van der Waals surface area (Å²) in [7, 11) is 1.80. The Morgan fingerprint density at radius 1 is 1.43 bits per heavy atom.